The molecule has 0 radical (unpaired) electrons. The molecular formula is C18H24OS. The lowest BCUT2D eigenvalue weighted by Gasteiger charge is -2.35. The van der Waals surface area contributed by atoms with E-state index in [0.29, 0.717) is 5.41 Å². The zero-order valence-electron chi connectivity index (χ0n) is 12.5. The molecule has 2 bridgehead atoms. The van der Waals surface area contributed by atoms with Crippen molar-refractivity contribution >= 4 is 17.3 Å². The Kier molecular flexibility index (Phi) is 4.11. The summed E-state index contributed by atoms with van der Waals surface area (Å²) in [6.45, 7) is 5.35. The molecule has 2 aliphatic heterocycles. The van der Waals surface area contributed by atoms with Gasteiger partial charge < -0.3 is 4.74 Å². The zero-order chi connectivity index (χ0) is 14.0. The van der Waals surface area contributed by atoms with Gasteiger partial charge in [-0.1, -0.05) is 37.3 Å². The van der Waals surface area contributed by atoms with E-state index in [1.807, 2.05) is 6.26 Å². The third-order valence-electron chi connectivity index (χ3n) is 4.99. The molecule has 2 aliphatic rings. The molecule has 2 fully saturated rings. The van der Waals surface area contributed by atoms with Crippen molar-refractivity contribution < 1.29 is 4.74 Å². The molecular weight excluding hydrogens is 264 g/mol. The average molecular weight is 288 g/mol. The minimum absolute atomic E-state index is 0.432. The molecule has 2 saturated heterocycles. The number of thioether (sulfide) groups is 1. The number of hydrogen-bond donors (Lipinski definition) is 0. The summed E-state index contributed by atoms with van der Waals surface area (Å²) < 4.78 is 6.01. The summed E-state index contributed by atoms with van der Waals surface area (Å²) in [6, 6.07) is 10.5. The maximum absolute atomic E-state index is 6.01. The van der Waals surface area contributed by atoms with E-state index in [9.17, 15) is 0 Å². The number of hydrogen-bond acceptors (Lipinski definition) is 2. The van der Waals surface area contributed by atoms with Crippen LogP contribution in [0.3, 0.4) is 0 Å². The minimum Gasteiger partial charge on any atom is -0.500 e. The molecule has 0 aromatic heterocycles. The Labute approximate surface area is 126 Å². The highest BCUT2D eigenvalue weighted by molar-refractivity contribution is 8.01. The lowest BCUT2D eigenvalue weighted by molar-refractivity contribution is 0.0859. The smallest absolute Gasteiger partial charge is 0.0940 e. The highest BCUT2D eigenvalue weighted by Gasteiger charge is 2.50. The van der Waals surface area contributed by atoms with Gasteiger partial charge in [0.1, 0.15) is 0 Å². The third kappa shape index (κ3) is 2.63. The lowest BCUT2D eigenvalue weighted by Crippen LogP contribution is -2.35. The summed E-state index contributed by atoms with van der Waals surface area (Å²) in [5.74, 6) is 0. The van der Waals surface area contributed by atoms with Crippen molar-refractivity contribution in [3.05, 3.63) is 42.2 Å². The van der Waals surface area contributed by atoms with E-state index in [1.165, 1.54) is 36.8 Å². The van der Waals surface area contributed by atoms with E-state index in [4.69, 9.17) is 4.74 Å². The number of benzene rings is 1. The topological polar surface area (TPSA) is 9.23 Å². The molecule has 1 aromatic carbocycles. The van der Waals surface area contributed by atoms with Gasteiger partial charge in [0.25, 0.3) is 0 Å². The number of allylic oxidation sites excluding steroid dienone is 1. The van der Waals surface area contributed by atoms with Gasteiger partial charge in [-0.05, 0) is 43.7 Å². The van der Waals surface area contributed by atoms with Crippen LogP contribution in [0, 0.1) is 5.41 Å². The molecule has 0 aliphatic carbocycles. The van der Waals surface area contributed by atoms with E-state index in [2.05, 4.69) is 55.9 Å². The van der Waals surface area contributed by atoms with E-state index < -0.39 is 0 Å². The summed E-state index contributed by atoms with van der Waals surface area (Å²) in [5.41, 5.74) is 2.90. The predicted octanol–water partition coefficient (Wildman–Crippen LogP) is 5.13. The summed E-state index contributed by atoms with van der Waals surface area (Å²) in [4.78, 5) is 0. The Morgan fingerprint density at radius 3 is 2.75 bits per heavy atom. The van der Waals surface area contributed by atoms with E-state index in [-0.39, 0.29) is 0 Å². The lowest BCUT2D eigenvalue weighted by atomic mass is 9.73. The van der Waals surface area contributed by atoms with Gasteiger partial charge in [-0.2, -0.15) is 11.8 Å². The molecule has 3 atom stereocenters. The van der Waals surface area contributed by atoms with Gasteiger partial charge in [-0.25, -0.2) is 0 Å². The van der Waals surface area contributed by atoms with Gasteiger partial charge >= 0.3 is 0 Å². The van der Waals surface area contributed by atoms with Crippen LogP contribution in [0.25, 0.3) is 5.57 Å². The van der Waals surface area contributed by atoms with Crippen LogP contribution in [0.2, 0.25) is 0 Å². The fourth-order valence-electron chi connectivity index (χ4n) is 3.62. The fraction of sp³-hybridized carbons (Fsp3) is 0.556. The van der Waals surface area contributed by atoms with Crippen LogP contribution >= 0.6 is 11.8 Å². The Morgan fingerprint density at radius 2 is 2.15 bits per heavy atom. The van der Waals surface area contributed by atoms with Gasteiger partial charge in [-0.3, -0.25) is 0 Å². The van der Waals surface area contributed by atoms with Crippen molar-refractivity contribution in [2.24, 2.45) is 5.41 Å². The number of rotatable bonds is 5. The maximum Gasteiger partial charge on any atom is 0.0940 e. The van der Waals surface area contributed by atoms with E-state index >= 15 is 0 Å². The molecule has 1 aromatic rings. The summed E-state index contributed by atoms with van der Waals surface area (Å²) in [5, 5.41) is 1.74. The third-order valence-corrected chi connectivity index (χ3v) is 6.84. The molecule has 3 rings (SSSR count). The molecule has 3 unspecified atom stereocenters. The van der Waals surface area contributed by atoms with Crippen molar-refractivity contribution in [2.75, 3.05) is 6.61 Å². The molecule has 2 heterocycles. The largest absolute Gasteiger partial charge is 0.500 e. The van der Waals surface area contributed by atoms with Gasteiger partial charge in [0, 0.05) is 15.9 Å². The van der Waals surface area contributed by atoms with Crippen LogP contribution in [0.4, 0.5) is 0 Å². The van der Waals surface area contributed by atoms with Crippen molar-refractivity contribution in [1.29, 1.82) is 0 Å². The van der Waals surface area contributed by atoms with Crippen molar-refractivity contribution in [2.45, 2.75) is 50.0 Å². The summed E-state index contributed by atoms with van der Waals surface area (Å²) in [7, 11) is 0. The fourth-order valence-corrected chi connectivity index (χ4v) is 5.68. The van der Waals surface area contributed by atoms with Crippen LogP contribution in [0.5, 0.6) is 0 Å². The Hall–Kier alpha value is -0.890. The average Bonchev–Trinajstić information content (AvgIpc) is 3.09. The first-order chi connectivity index (χ1) is 9.73. The Morgan fingerprint density at radius 1 is 1.35 bits per heavy atom. The van der Waals surface area contributed by atoms with Crippen LogP contribution in [-0.2, 0) is 4.74 Å². The summed E-state index contributed by atoms with van der Waals surface area (Å²) in [6.07, 6.45) is 7.39. The van der Waals surface area contributed by atoms with Crippen LogP contribution in [0.15, 0.2) is 36.6 Å². The molecule has 20 heavy (non-hydrogen) atoms. The van der Waals surface area contributed by atoms with Crippen molar-refractivity contribution in [3.63, 3.8) is 0 Å². The Bertz CT molecular complexity index is 481. The molecule has 108 valence electrons. The van der Waals surface area contributed by atoms with Gasteiger partial charge in [0.05, 0.1) is 12.9 Å². The quantitative estimate of drug-likeness (QED) is 0.695. The normalized spacial score (nSPS) is 32.6. The molecule has 2 heteroatoms. The van der Waals surface area contributed by atoms with Crippen LogP contribution in [-0.4, -0.2) is 17.1 Å². The van der Waals surface area contributed by atoms with Gasteiger partial charge in [0.15, 0.2) is 0 Å². The highest BCUT2D eigenvalue weighted by Crippen LogP contribution is 2.57. The second kappa shape index (κ2) is 5.85. The summed E-state index contributed by atoms with van der Waals surface area (Å²) >= 11 is 2.22. The van der Waals surface area contributed by atoms with Crippen LogP contribution < -0.4 is 0 Å². The molecule has 0 saturated carbocycles. The zero-order valence-corrected chi connectivity index (χ0v) is 13.3. The molecule has 0 spiro atoms. The molecule has 0 amide bonds. The maximum atomic E-state index is 6.01. The second-order valence-corrected chi connectivity index (χ2v) is 7.73. The minimum atomic E-state index is 0.432. The van der Waals surface area contributed by atoms with Crippen molar-refractivity contribution in [3.8, 4) is 0 Å². The van der Waals surface area contributed by atoms with Gasteiger partial charge in [-0.15, -0.1) is 0 Å². The standard InChI is InChI=1S/C18H24OS/c1-3-18(11-16-9-10-17(18)20-16)13-19-12-14(2)15-7-5-4-6-8-15/h4-8,12,16-17H,3,9-11,13H2,1-2H3/b14-12-. The first kappa shape index (κ1) is 14.1. The Balaban J connectivity index is 1.62. The van der Waals surface area contributed by atoms with Crippen LogP contribution in [0.1, 0.15) is 45.1 Å². The van der Waals surface area contributed by atoms with E-state index in [0.717, 1.165) is 17.1 Å². The first-order valence-electron chi connectivity index (χ1n) is 7.73. The SMILES string of the molecule is CCC1(CO/C=C(/C)c2ccccc2)CC2CCC1S2. The predicted molar refractivity (Wildman–Crippen MR) is 87.8 cm³/mol. The molecule has 1 nitrogen and oxygen atoms in total. The monoisotopic (exact) mass is 288 g/mol. The first-order valence-corrected chi connectivity index (χ1v) is 8.67. The van der Waals surface area contributed by atoms with Gasteiger partial charge in [0.2, 0.25) is 0 Å². The number of fused-ring (bicyclic) bond motifs is 2. The van der Waals surface area contributed by atoms with Crippen molar-refractivity contribution in [1.82, 2.24) is 0 Å². The van der Waals surface area contributed by atoms with E-state index in [1.54, 1.807) is 0 Å². The second-order valence-electron chi connectivity index (χ2n) is 6.22. The number of ether oxygens (including phenoxy) is 1. The highest BCUT2D eigenvalue weighted by atomic mass is 32.2. The molecule has 0 N–H and O–H groups in total.